The number of benzene rings is 1. The van der Waals surface area contributed by atoms with Crippen LogP contribution in [-0.2, 0) is 0 Å². The van der Waals surface area contributed by atoms with E-state index in [1.54, 1.807) is 18.2 Å². The Balaban J connectivity index is 2.08. The van der Waals surface area contributed by atoms with Crippen molar-refractivity contribution >= 4 is 16.9 Å². The minimum Gasteiger partial charge on any atom is -0.494 e. The number of rotatable bonds is 9. The fourth-order valence-electron chi connectivity index (χ4n) is 4.27. The number of hydrogen-bond acceptors (Lipinski definition) is 5. The smallest absolute Gasteiger partial charge is 0.414 e. The van der Waals surface area contributed by atoms with Crippen LogP contribution in [0.2, 0.25) is 0 Å². The van der Waals surface area contributed by atoms with E-state index in [0.29, 0.717) is 16.5 Å². The molecule has 0 aliphatic rings. The number of carbonyl (C=O) groups is 1. The van der Waals surface area contributed by atoms with E-state index in [4.69, 9.17) is 9.47 Å². The number of carbonyl (C=O) groups excluding carboxylic acids is 1. The first kappa shape index (κ1) is 32.5. The first-order valence-electron chi connectivity index (χ1n) is 12.2. The molecule has 42 heavy (non-hydrogen) atoms. The van der Waals surface area contributed by atoms with Gasteiger partial charge in [0, 0.05) is 30.1 Å². The molecule has 0 aliphatic heterocycles. The highest BCUT2D eigenvalue weighted by atomic mass is 19.4. The number of fused-ring (bicyclic) bond motifs is 1. The van der Waals surface area contributed by atoms with Crippen molar-refractivity contribution in [2.45, 2.75) is 50.4 Å². The zero-order valence-electron chi connectivity index (χ0n) is 22.3. The van der Waals surface area contributed by atoms with Crippen molar-refractivity contribution in [1.82, 2.24) is 20.2 Å². The third-order valence-electron chi connectivity index (χ3n) is 6.22. The van der Waals surface area contributed by atoms with E-state index in [1.165, 1.54) is 31.8 Å². The zero-order valence-corrected chi connectivity index (χ0v) is 22.3. The molecule has 7 nitrogen and oxygen atoms in total. The van der Waals surface area contributed by atoms with Gasteiger partial charge in [-0.05, 0) is 43.2 Å². The third kappa shape index (κ3) is 7.64. The molecule has 0 bridgehead atoms. The Morgan fingerprint density at radius 1 is 0.952 bits per heavy atom. The van der Waals surface area contributed by atoms with Crippen molar-refractivity contribution in [3.8, 4) is 22.6 Å². The third-order valence-corrected chi connectivity index (χ3v) is 6.22. The molecule has 2 aromatic heterocycles. The quantitative estimate of drug-likeness (QED) is 0.258. The second-order valence-corrected chi connectivity index (χ2v) is 8.99. The number of pyridine rings is 2. The largest absolute Gasteiger partial charge is 0.494 e. The van der Waals surface area contributed by atoms with Crippen LogP contribution in [-0.4, -0.2) is 66.2 Å². The summed E-state index contributed by atoms with van der Waals surface area (Å²) in [6.45, 7) is 0.306. The van der Waals surface area contributed by atoms with Gasteiger partial charge in [0.15, 0.2) is 6.04 Å². The normalized spacial score (nSPS) is 13.9. The molecule has 1 unspecified atom stereocenters. The Kier molecular flexibility index (Phi) is 9.67. The van der Waals surface area contributed by atoms with Crippen molar-refractivity contribution in [2.24, 2.45) is 0 Å². The second kappa shape index (κ2) is 12.5. The second-order valence-electron chi connectivity index (χ2n) is 8.99. The van der Waals surface area contributed by atoms with Crippen LogP contribution in [0.1, 0.15) is 31.5 Å². The summed E-state index contributed by atoms with van der Waals surface area (Å²) >= 11 is 0. The van der Waals surface area contributed by atoms with E-state index in [-0.39, 0.29) is 22.0 Å². The Hall–Kier alpha value is -3.98. The van der Waals surface area contributed by atoms with E-state index in [9.17, 15) is 44.3 Å². The van der Waals surface area contributed by atoms with Gasteiger partial charge in [-0.25, -0.2) is 4.79 Å². The number of nitrogens with zero attached hydrogens (tertiary/aromatic N) is 3. The van der Waals surface area contributed by atoms with E-state index < -0.39 is 61.7 Å². The summed E-state index contributed by atoms with van der Waals surface area (Å²) in [7, 11) is 2.61. The van der Waals surface area contributed by atoms with Crippen LogP contribution in [0.5, 0.6) is 11.5 Å². The first-order chi connectivity index (χ1) is 19.5. The first-order valence-corrected chi connectivity index (χ1v) is 12.2. The number of methoxy groups -OCH3 is 2. The summed E-state index contributed by atoms with van der Waals surface area (Å²) in [5, 5.41) is 1.85. The van der Waals surface area contributed by atoms with E-state index in [2.05, 4.69) is 9.97 Å². The van der Waals surface area contributed by atoms with E-state index in [0.717, 1.165) is 19.2 Å². The average Bonchev–Trinajstić information content (AvgIpc) is 2.90. The molecule has 2 heterocycles. The molecule has 3 rings (SSSR count). The van der Waals surface area contributed by atoms with Gasteiger partial charge in [-0.2, -0.15) is 39.5 Å². The molecule has 0 fully saturated rings. The van der Waals surface area contributed by atoms with Crippen LogP contribution < -0.4 is 14.8 Å². The summed E-state index contributed by atoms with van der Waals surface area (Å²) in [4.78, 5) is 20.8. The highest BCUT2D eigenvalue weighted by Gasteiger charge is 2.49. The monoisotopic (exact) mass is 612 g/mol. The maximum Gasteiger partial charge on any atom is 0.414 e. The summed E-state index contributed by atoms with van der Waals surface area (Å²) in [6, 6.07) is -0.440. The number of ether oxygens (including phenoxy) is 2. The van der Waals surface area contributed by atoms with Gasteiger partial charge >= 0.3 is 24.6 Å². The lowest BCUT2D eigenvalue weighted by Gasteiger charge is -2.34. The predicted octanol–water partition coefficient (Wildman–Crippen LogP) is 7.22. The lowest BCUT2D eigenvalue weighted by molar-refractivity contribution is -0.182. The molecule has 0 spiro atoms. The van der Waals surface area contributed by atoms with Crippen LogP contribution >= 0.6 is 0 Å². The van der Waals surface area contributed by atoms with Crippen molar-refractivity contribution in [1.29, 1.82) is 0 Å². The molecule has 2 amide bonds. The van der Waals surface area contributed by atoms with Gasteiger partial charge in [0.1, 0.15) is 23.1 Å². The minimum absolute atomic E-state index is 0.0236. The fourth-order valence-corrected chi connectivity index (χ4v) is 4.27. The van der Waals surface area contributed by atoms with Crippen LogP contribution in [0.4, 0.5) is 44.3 Å². The molecule has 230 valence electrons. The number of alkyl halides is 9. The Labute approximate surface area is 233 Å². The lowest BCUT2D eigenvalue weighted by Crippen LogP contribution is -2.53. The van der Waals surface area contributed by atoms with Gasteiger partial charge in [-0.3, -0.25) is 9.97 Å². The molecule has 16 heteroatoms. The van der Waals surface area contributed by atoms with Gasteiger partial charge in [-0.1, -0.05) is 6.07 Å². The van der Waals surface area contributed by atoms with Gasteiger partial charge in [0.25, 0.3) is 0 Å². The van der Waals surface area contributed by atoms with Gasteiger partial charge < -0.3 is 19.7 Å². The van der Waals surface area contributed by atoms with Crippen LogP contribution in [0.15, 0.2) is 42.7 Å². The van der Waals surface area contributed by atoms with Crippen LogP contribution in [0.25, 0.3) is 22.0 Å². The van der Waals surface area contributed by atoms with Gasteiger partial charge in [0.05, 0.1) is 26.1 Å². The van der Waals surface area contributed by atoms with Gasteiger partial charge in [0.2, 0.25) is 0 Å². The van der Waals surface area contributed by atoms with Crippen LogP contribution in [0, 0.1) is 0 Å². The molecular formula is C26H25F9N4O3. The molecule has 0 radical (unpaired) electrons. The topological polar surface area (TPSA) is 76.6 Å². The number of aromatic nitrogens is 2. The molecular weight excluding hydrogens is 587 g/mol. The highest BCUT2D eigenvalue weighted by Crippen LogP contribution is 2.42. The van der Waals surface area contributed by atoms with E-state index >= 15 is 0 Å². The number of urea groups is 1. The molecule has 2 atom stereocenters. The number of halogens is 9. The SMILES string of the molecule is CCN(C(=O)N[C@@H](CCC(F)(F)F)C(F)(F)F)C(c1cc(-c2cc(OC)c3ncccc3c2)c(OC)cn1)C(F)(F)F. The van der Waals surface area contributed by atoms with Gasteiger partial charge in [-0.15, -0.1) is 0 Å². The van der Waals surface area contributed by atoms with Crippen LogP contribution in [0.3, 0.4) is 0 Å². The summed E-state index contributed by atoms with van der Waals surface area (Å²) < 4.78 is 132. The molecule has 1 N–H and O–H groups in total. The molecule has 1 aromatic carbocycles. The van der Waals surface area contributed by atoms with Crippen molar-refractivity contribution in [3.63, 3.8) is 0 Å². The Morgan fingerprint density at radius 2 is 1.62 bits per heavy atom. The van der Waals surface area contributed by atoms with Crippen molar-refractivity contribution in [2.75, 3.05) is 20.8 Å². The Bertz CT molecular complexity index is 1390. The maximum absolute atomic E-state index is 14.4. The van der Waals surface area contributed by atoms with E-state index in [1.807, 2.05) is 0 Å². The minimum atomic E-state index is -5.36. The fraction of sp³-hybridized carbons (Fsp3) is 0.423. The highest BCUT2D eigenvalue weighted by molar-refractivity contribution is 5.90. The molecule has 0 saturated heterocycles. The van der Waals surface area contributed by atoms with Crippen molar-refractivity contribution < 1.29 is 53.8 Å². The number of nitrogens with one attached hydrogen (secondary N) is 1. The predicted molar refractivity (Wildman–Crippen MR) is 133 cm³/mol. The standard InChI is InChI=1S/C26H25F9N4O3/c1-4-39(23(40)38-20(25(30,31)32)7-8-24(27,28)29)22(26(33,34)35)17-12-16(19(42-3)13-37-17)15-10-14-6-5-9-36-21(14)18(11-15)41-2/h5-6,9-13,20,22H,4,7-8H2,1-3H3,(H,38,40)/t20-,22?/m0/s1. The summed E-state index contributed by atoms with van der Waals surface area (Å²) in [6.07, 6.45) is -16.7. The maximum atomic E-state index is 14.4. The average molecular weight is 612 g/mol. The number of amides is 2. The Morgan fingerprint density at radius 3 is 2.17 bits per heavy atom. The number of hydrogen-bond donors (Lipinski definition) is 1. The summed E-state index contributed by atoms with van der Waals surface area (Å²) in [5.74, 6) is 0.309. The lowest BCUT2D eigenvalue weighted by atomic mass is 9.99. The summed E-state index contributed by atoms with van der Waals surface area (Å²) in [5.41, 5.74) is 0.0734. The van der Waals surface area contributed by atoms with Crippen molar-refractivity contribution in [3.05, 3.63) is 48.4 Å². The molecule has 3 aromatic rings. The molecule has 0 aliphatic carbocycles. The molecule has 0 saturated carbocycles. The zero-order chi connectivity index (χ0) is 31.5.